The Balaban J connectivity index is 2.31. The number of sulfonamides is 1. The van der Waals surface area contributed by atoms with Crippen LogP contribution in [-0.4, -0.2) is 28.0 Å². The molecule has 0 aliphatic carbocycles. The van der Waals surface area contributed by atoms with Gasteiger partial charge in [0.25, 0.3) is 15.9 Å². The minimum atomic E-state index is -3.91. The van der Waals surface area contributed by atoms with Gasteiger partial charge in [0, 0.05) is 17.8 Å². The van der Waals surface area contributed by atoms with Crippen molar-refractivity contribution < 1.29 is 17.9 Å². The zero-order valence-electron chi connectivity index (χ0n) is 15.2. The summed E-state index contributed by atoms with van der Waals surface area (Å²) in [5.41, 5.74) is 1.73. The van der Waals surface area contributed by atoms with Crippen molar-refractivity contribution in [2.45, 2.75) is 31.6 Å². The summed E-state index contributed by atoms with van der Waals surface area (Å²) in [4.78, 5) is 12.1. The van der Waals surface area contributed by atoms with Gasteiger partial charge in [-0.15, -0.1) is 0 Å². The number of methoxy groups -OCH3 is 1. The van der Waals surface area contributed by atoms with Crippen LogP contribution in [0.15, 0.2) is 47.4 Å². The van der Waals surface area contributed by atoms with Crippen molar-refractivity contribution in [1.29, 1.82) is 0 Å². The van der Waals surface area contributed by atoms with E-state index in [2.05, 4.69) is 10.0 Å². The van der Waals surface area contributed by atoms with Gasteiger partial charge in [0.05, 0.1) is 7.11 Å². The molecule has 0 spiro atoms. The molecule has 7 heteroatoms. The van der Waals surface area contributed by atoms with Crippen molar-refractivity contribution in [3.8, 4) is 5.75 Å². The van der Waals surface area contributed by atoms with Gasteiger partial charge in [0.15, 0.2) is 0 Å². The van der Waals surface area contributed by atoms with E-state index in [0.717, 1.165) is 18.4 Å². The van der Waals surface area contributed by atoms with Crippen LogP contribution in [0.5, 0.6) is 5.75 Å². The highest BCUT2D eigenvalue weighted by Gasteiger charge is 2.22. The van der Waals surface area contributed by atoms with Crippen molar-refractivity contribution in [2.24, 2.45) is 0 Å². The van der Waals surface area contributed by atoms with Crippen LogP contribution in [0.4, 0.5) is 5.69 Å². The Morgan fingerprint density at radius 1 is 1.12 bits per heavy atom. The number of carbonyl (C=O) groups excluding carboxylic acids is 1. The van der Waals surface area contributed by atoms with Gasteiger partial charge in [-0.3, -0.25) is 9.52 Å². The van der Waals surface area contributed by atoms with Gasteiger partial charge in [-0.2, -0.15) is 0 Å². The summed E-state index contributed by atoms with van der Waals surface area (Å²) in [6.07, 6.45) is 1.82. The molecule has 1 amide bonds. The van der Waals surface area contributed by atoms with E-state index in [9.17, 15) is 13.2 Å². The van der Waals surface area contributed by atoms with Gasteiger partial charge in [-0.25, -0.2) is 8.42 Å². The first-order valence-electron chi connectivity index (χ1n) is 8.43. The van der Waals surface area contributed by atoms with Gasteiger partial charge in [0.2, 0.25) is 0 Å². The van der Waals surface area contributed by atoms with Crippen LogP contribution in [0.2, 0.25) is 0 Å². The lowest BCUT2D eigenvalue weighted by molar-refractivity contribution is 0.0953. The lowest BCUT2D eigenvalue weighted by Crippen LogP contribution is -2.25. The number of anilines is 1. The summed E-state index contributed by atoms with van der Waals surface area (Å²) in [5.74, 6) is -0.136. The third-order valence-corrected chi connectivity index (χ3v) is 5.24. The van der Waals surface area contributed by atoms with Gasteiger partial charge < -0.3 is 10.1 Å². The van der Waals surface area contributed by atoms with Crippen LogP contribution < -0.4 is 14.8 Å². The zero-order valence-corrected chi connectivity index (χ0v) is 16.0. The van der Waals surface area contributed by atoms with Crippen molar-refractivity contribution in [2.75, 3.05) is 18.4 Å². The molecule has 140 valence electrons. The topological polar surface area (TPSA) is 84.5 Å². The Morgan fingerprint density at radius 3 is 2.42 bits per heavy atom. The third-order valence-electron chi connectivity index (χ3n) is 3.84. The lowest BCUT2D eigenvalue weighted by atomic mass is 10.2. The first-order chi connectivity index (χ1) is 12.4. The van der Waals surface area contributed by atoms with E-state index in [1.54, 1.807) is 18.2 Å². The summed E-state index contributed by atoms with van der Waals surface area (Å²) >= 11 is 0. The molecule has 0 aromatic heterocycles. The Bertz CT molecular complexity index is 862. The fourth-order valence-corrected chi connectivity index (χ4v) is 3.60. The fraction of sp³-hybridized carbons (Fsp3) is 0.316. The maximum atomic E-state index is 12.8. The van der Waals surface area contributed by atoms with Crippen molar-refractivity contribution in [3.63, 3.8) is 0 Å². The molecule has 0 radical (unpaired) electrons. The molecule has 0 unspecified atom stereocenters. The largest absolute Gasteiger partial charge is 0.495 e. The standard InChI is InChI=1S/C19H24N2O4S/c1-4-5-12-20-19(22)15-8-11-17(25-3)18(13-15)26(23,24)21-16-9-6-14(2)7-10-16/h6-11,13,21H,4-5,12H2,1-3H3,(H,20,22). The molecular weight excluding hydrogens is 352 g/mol. The van der Waals surface area contributed by atoms with Crippen molar-refractivity contribution in [3.05, 3.63) is 53.6 Å². The average molecular weight is 376 g/mol. The molecule has 0 aliphatic heterocycles. The van der Waals surface area contributed by atoms with E-state index in [1.165, 1.54) is 19.2 Å². The number of amides is 1. The monoisotopic (exact) mass is 376 g/mol. The number of unbranched alkanes of at least 4 members (excludes halogenated alkanes) is 1. The minimum Gasteiger partial charge on any atom is -0.495 e. The van der Waals surface area contributed by atoms with Crippen LogP contribution in [-0.2, 0) is 10.0 Å². The Morgan fingerprint density at radius 2 is 1.81 bits per heavy atom. The predicted molar refractivity (Wildman–Crippen MR) is 102 cm³/mol. The molecule has 0 aliphatic rings. The quantitative estimate of drug-likeness (QED) is 0.692. The van der Waals surface area contributed by atoms with Crippen LogP contribution >= 0.6 is 0 Å². The maximum absolute atomic E-state index is 12.8. The molecule has 6 nitrogen and oxygen atoms in total. The van der Waals surface area contributed by atoms with E-state index in [0.29, 0.717) is 12.2 Å². The smallest absolute Gasteiger partial charge is 0.265 e. The Hall–Kier alpha value is -2.54. The number of rotatable bonds is 8. The third kappa shape index (κ3) is 4.98. The SMILES string of the molecule is CCCCNC(=O)c1ccc(OC)c(S(=O)(=O)Nc2ccc(C)cc2)c1. The minimum absolute atomic E-state index is 0.0799. The van der Waals surface area contributed by atoms with Crippen LogP contribution in [0.1, 0.15) is 35.7 Å². The molecule has 2 rings (SSSR count). The number of ether oxygens (including phenoxy) is 1. The van der Waals surface area contributed by atoms with Crippen molar-refractivity contribution in [1.82, 2.24) is 5.32 Å². The highest BCUT2D eigenvalue weighted by Crippen LogP contribution is 2.27. The summed E-state index contributed by atoms with van der Waals surface area (Å²) in [7, 11) is -2.52. The molecule has 2 aromatic carbocycles. The van der Waals surface area contributed by atoms with Gasteiger partial charge in [-0.05, 0) is 43.7 Å². The van der Waals surface area contributed by atoms with E-state index in [1.807, 2.05) is 26.0 Å². The predicted octanol–water partition coefficient (Wildman–Crippen LogP) is 3.33. The van der Waals surface area contributed by atoms with Crippen molar-refractivity contribution >= 4 is 21.6 Å². The molecular formula is C19H24N2O4S. The normalized spacial score (nSPS) is 11.0. The van der Waals surface area contributed by atoms with Gasteiger partial charge >= 0.3 is 0 Å². The molecule has 0 saturated heterocycles. The highest BCUT2D eigenvalue weighted by atomic mass is 32.2. The van der Waals surface area contributed by atoms with Gasteiger partial charge in [0.1, 0.15) is 10.6 Å². The first kappa shape index (κ1) is 19.8. The summed E-state index contributed by atoms with van der Waals surface area (Å²) in [5, 5.41) is 2.78. The molecule has 0 atom stereocenters. The molecule has 0 heterocycles. The first-order valence-corrected chi connectivity index (χ1v) is 9.91. The molecule has 26 heavy (non-hydrogen) atoms. The molecule has 2 N–H and O–H groups in total. The fourth-order valence-electron chi connectivity index (χ4n) is 2.34. The number of hydrogen-bond donors (Lipinski definition) is 2. The van der Waals surface area contributed by atoms with E-state index in [-0.39, 0.29) is 22.1 Å². The summed E-state index contributed by atoms with van der Waals surface area (Å²) in [6, 6.07) is 11.3. The summed E-state index contributed by atoms with van der Waals surface area (Å²) in [6.45, 7) is 4.49. The number of nitrogens with one attached hydrogen (secondary N) is 2. The van der Waals surface area contributed by atoms with Crippen LogP contribution in [0, 0.1) is 6.92 Å². The van der Waals surface area contributed by atoms with Crippen LogP contribution in [0.3, 0.4) is 0 Å². The molecule has 0 fully saturated rings. The number of benzene rings is 2. The molecule has 0 bridgehead atoms. The zero-order chi connectivity index (χ0) is 19.2. The number of hydrogen-bond acceptors (Lipinski definition) is 4. The van der Waals surface area contributed by atoms with Gasteiger partial charge in [-0.1, -0.05) is 31.0 Å². The number of carbonyl (C=O) groups is 1. The average Bonchev–Trinajstić information content (AvgIpc) is 2.63. The molecule has 0 saturated carbocycles. The second kappa shape index (κ2) is 8.71. The number of aryl methyl sites for hydroxylation is 1. The Kier molecular flexibility index (Phi) is 6.63. The highest BCUT2D eigenvalue weighted by molar-refractivity contribution is 7.92. The van der Waals surface area contributed by atoms with E-state index >= 15 is 0 Å². The lowest BCUT2D eigenvalue weighted by Gasteiger charge is -2.13. The second-order valence-electron chi connectivity index (χ2n) is 5.95. The second-order valence-corrected chi connectivity index (χ2v) is 7.60. The summed E-state index contributed by atoms with van der Waals surface area (Å²) < 4.78 is 33.2. The van der Waals surface area contributed by atoms with E-state index < -0.39 is 10.0 Å². The van der Waals surface area contributed by atoms with E-state index in [4.69, 9.17) is 4.74 Å². The molecule has 2 aromatic rings. The maximum Gasteiger partial charge on any atom is 0.265 e. The van der Waals surface area contributed by atoms with Crippen LogP contribution in [0.25, 0.3) is 0 Å². The Labute approximate surface area is 154 Å².